The van der Waals surface area contributed by atoms with E-state index in [-0.39, 0.29) is 0 Å². The van der Waals surface area contributed by atoms with E-state index in [4.69, 9.17) is 23.2 Å². The van der Waals surface area contributed by atoms with Gasteiger partial charge in [0.2, 0.25) is 0 Å². The summed E-state index contributed by atoms with van der Waals surface area (Å²) in [6, 6.07) is 3.29. The Morgan fingerprint density at radius 2 is 2.08 bits per heavy atom. The third kappa shape index (κ3) is 2.00. The standard InChI is InChI=1S/C8H5BrCl2O/c1-4-2-5(10)3-6(7(4)9)8(11)12/h2-3H,1H3. The lowest BCUT2D eigenvalue weighted by atomic mass is 10.1. The highest BCUT2D eigenvalue weighted by Gasteiger charge is 2.10. The summed E-state index contributed by atoms with van der Waals surface area (Å²) in [6.45, 7) is 1.85. The molecule has 0 amide bonds. The van der Waals surface area contributed by atoms with Gasteiger partial charge in [0.1, 0.15) is 0 Å². The molecule has 1 aromatic carbocycles. The molecule has 0 N–H and O–H groups in total. The number of halogens is 3. The highest BCUT2D eigenvalue weighted by molar-refractivity contribution is 9.10. The van der Waals surface area contributed by atoms with Crippen LogP contribution in [0.4, 0.5) is 0 Å². The van der Waals surface area contributed by atoms with E-state index in [2.05, 4.69) is 15.9 Å². The Bertz CT molecular complexity index is 336. The molecular formula is C8H5BrCl2O. The zero-order chi connectivity index (χ0) is 9.30. The molecule has 12 heavy (non-hydrogen) atoms. The van der Waals surface area contributed by atoms with Gasteiger partial charge in [-0.1, -0.05) is 11.6 Å². The minimum Gasteiger partial charge on any atom is -0.276 e. The predicted molar refractivity (Wildman–Crippen MR) is 54.1 cm³/mol. The fraction of sp³-hybridized carbons (Fsp3) is 0.125. The van der Waals surface area contributed by atoms with Crippen LogP contribution in [0.25, 0.3) is 0 Å². The maximum absolute atomic E-state index is 10.8. The van der Waals surface area contributed by atoms with E-state index in [1.165, 1.54) is 6.07 Å². The Kier molecular flexibility index (Phi) is 3.16. The Labute approximate surface area is 88.8 Å². The van der Waals surface area contributed by atoms with Gasteiger partial charge in [-0.05, 0) is 52.2 Å². The molecule has 1 rings (SSSR count). The summed E-state index contributed by atoms with van der Waals surface area (Å²) in [5, 5.41) is 0.00664. The van der Waals surface area contributed by atoms with Crippen molar-refractivity contribution in [1.82, 2.24) is 0 Å². The van der Waals surface area contributed by atoms with E-state index in [1.54, 1.807) is 6.07 Å². The SMILES string of the molecule is Cc1cc(Cl)cc(C(=O)Cl)c1Br. The first-order valence-corrected chi connectivity index (χ1v) is 4.72. The maximum Gasteiger partial charge on any atom is 0.253 e. The molecule has 0 aromatic heterocycles. The van der Waals surface area contributed by atoms with Crippen molar-refractivity contribution in [2.45, 2.75) is 6.92 Å². The Hall–Kier alpha value is -0.0500. The van der Waals surface area contributed by atoms with Crippen LogP contribution in [0.5, 0.6) is 0 Å². The third-order valence-corrected chi connectivity index (χ3v) is 2.91. The molecule has 0 heterocycles. The van der Waals surface area contributed by atoms with E-state index in [9.17, 15) is 4.79 Å². The lowest BCUT2D eigenvalue weighted by molar-refractivity contribution is 0.108. The first kappa shape index (κ1) is 10.0. The van der Waals surface area contributed by atoms with Gasteiger partial charge in [0.25, 0.3) is 5.24 Å². The molecule has 4 heteroatoms. The Balaban J connectivity index is 3.37. The first-order chi connectivity index (χ1) is 5.52. The quantitative estimate of drug-likeness (QED) is 0.708. The Morgan fingerprint density at radius 3 is 2.58 bits per heavy atom. The van der Waals surface area contributed by atoms with Gasteiger partial charge in [-0.15, -0.1) is 0 Å². The largest absolute Gasteiger partial charge is 0.276 e. The van der Waals surface area contributed by atoms with Crippen molar-refractivity contribution in [3.63, 3.8) is 0 Å². The van der Waals surface area contributed by atoms with Crippen molar-refractivity contribution >= 4 is 44.4 Å². The fourth-order valence-electron chi connectivity index (χ4n) is 0.869. The average Bonchev–Trinajstić information content (AvgIpc) is 1.96. The topological polar surface area (TPSA) is 17.1 Å². The zero-order valence-electron chi connectivity index (χ0n) is 6.20. The third-order valence-electron chi connectivity index (χ3n) is 1.43. The molecule has 64 valence electrons. The molecule has 0 aliphatic carbocycles. The summed E-state index contributed by atoms with van der Waals surface area (Å²) < 4.78 is 0.701. The first-order valence-electron chi connectivity index (χ1n) is 3.18. The summed E-state index contributed by atoms with van der Waals surface area (Å²) >= 11 is 14.3. The van der Waals surface area contributed by atoms with Gasteiger partial charge in [0, 0.05) is 15.1 Å². The number of rotatable bonds is 1. The van der Waals surface area contributed by atoms with E-state index >= 15 is 0 Å². The van der Waals surface area contributed by atoms with Crippen LogP contribution in [0.3, 0.4) is 0 Å². The van der Waals surface area contributed by atoms with Crippen LogP contribution in [0.2, 0.25) is 5.02 Å². The van der Waals surface area contributed by atoms with Gasteiger partial charge in [-0.3, -0.25) is 4.79 Å². The summed E-state index contributed by atoms with van der Waals surface area (Å²) in [5.74, 6) is 0. The highest BCUT2D eigenvalue weighted by atomic mass is 79.9. The van der Waals surface area contributed by atoms with Crippen molar-refractivity contribution < 1.29 is 4.79 Å². The van der Waals surface area contributed by atoms with Crippen molar-refractivity contribution in [1.29, 1.82) is 0 Å². The van der Waals surface area contributed by atoms with E-state index in [0.29, 0.717) is 15.1 Å². The smallest absolute Gasteiger partial charge is 0.253 e. The normalized spacial score (nSPS) is 10.0. The van der Waals surface area contributed by atoms with E-state index in [1.807, 2.05) is 6.92 Å². The van der Waals surface area contributed by atoms with Crippen LogP contribution >= 0.6 is 39.1 Å². The molecule has 0 spiro atoms. The summed E-state index contributed by atoms with van der Waals surface area (Å²) in [5.41, 5.74) is 1.30. The molecule has 0 radical (unpaired) electrons. The number of carbonyl (C=O) groups is 1. The van der Waals surface area contributed by atoms with Crippen molar-refractivity contribution in [3.05, 3.63) is 32.8 Å². The van der Waals surface area contributed by atoms with E-state index < -0.39 is 5.24 Å². The highest BCUT2D eigenvalue weighted by Crippen LogP contribution is 2.26. The molecule has 1 aromatic rings. The van der Waals surface area contributed by atoms with Gasteiger partial charge >= 0.3 is 0 Å². The second-order valence-electron chi connectivity index (χ2n) is 2.36. The number of hydrogen-bond acceptors (Lipinski definition) is 1. The second kappa shape index (κ2) is 3.77. The molecule has 0 saturated heterocycles. The molecule has 0 bridgehead atoms. The lowest BCUT2D eigenvalue weighted by Crippen LogP contribution is -1.92. The summed E-state index contributed by atoms with van der Waals surface area (Å²) in [7, 11) is 0. The van der Waals surface area contributed by atoms with Crippen LogP contribution in [-0.4, -0.2) is 5.24 Å². The van der Waals surface area contributed by atoms with Crippen LogP contribution in [0, 0.1) is 6.92 Å². The molecule has 1 nitrogen and oxygen atoms in total. The number of benzene rings is 1. The lowest BCUT2D eigenvalue weighted by Gasteiger charge is -2.03. The predicted octanol–water partition coefficient (Wildman–Crippen LogP) is 3.79. The monoisotopic (exact) mass is 266 g/mol. The fourth-order valence-corrected chi connectivity index (χ4v) is 1.81. The molecule has 0 aliphatic heterocycles. The zero-order valence-corrected chi connectivity index (χ0v) is 9.29. The van der Waals surface area contributed by atoms with Crippen molar-refractivity contribution in [2.24, 2.45) is 0 Å². The average molecular weight is 268 g/mol. The van der Waals surface area contributed by atoms with Gasteiger partial charge in [0.15, 0.2) is 0 Å². The Morgan fingerprint density at radius 1 is 1.50 bits per heavy atom. The minimum absolute atomic E-state index is 0.404. The van der Waals surface area contributed by atoms with Crippen LogP contribution in [-0.2, 0) is 0 Å². The summed E-state index contributed by atoms with van der Waals surface area (Å²) in [6.07, 6.45) is 0. The van der Waals surface area contributed by atoms with Crippen LogP contribution in [0.15, 0.2) is 16.6 Å². The molecule has 0 fully saturated rings. The van der Waals surface area contributed by atoms with E-state index in [0.717, 1.165) is 5.56 Å². The second-order valence-corrected chi connectivity index (χ2v) is 3.93. The maximum atomic E-state index is 10.8. The van der Waals surface area contributed by atoms with Gasteiger partial charge in [0.05, 0.1) is 0 Å². The number of aryl methyl sites for hydroxylation is 1. The van der Waals surface area contributed by atoms with Gasteiger partial charge in [-0.2, -0.15) is 0 Å². The van der Waals surface area contributed by atoms with Crippen molar-refractivity contribution in [2.75, 3.05) is 0 Å². The van der Waals surface area contributed by atoms with Crippen LogP contribution < -0.4 is 0 Å². The molecule has 0 aliphatic rings. The number of carbonyl (C=O) groups excluding carboxylic acids is 1. The summed E-state index contributed by atoms with van der Waals surface area (Å²) in [4.78, 5) is 10.8. The van der Waals surface area contributed by atoms with Gasteiger partial charge in [-0.25, -0.2) is 0 Å². The molecule has 0 saturated carbocycles. The minimum atomic E-state index is -0.507. The van der Waals surface area contributed by atoms with Gasteiger partial charge < -0.3 is 0 Å². The van der Waals surface area contributed by atoms with Crippen molar-refractivity contribution in [3.8, 4) is 0 Å². The number of hydrogen-bond donors (Lipinski definition) is 0. The molecule has 0 atom stereocenters. The molecular weight excluding hydrogens is 263 g/mol. The molecule has 0 unspecified atom stereocenters. The van der Waals surface area contributed by atoms with Crippen LogP contribution in [0.1, 0.15) is 15.9 Å².